The number of rotatable bonds is 2. The van der Waals surface area contributed by atoms with Gasteiger partial charge in [-0.3, -0.25) is 4.79 Å². The maximum atomic E-state index is 12.4. The second-order valence-electron chi connectivity index (χ2n) is 3.82. The number of nitrogens with one attached hydrogen (secondary N) is 1. The molecule has 2 aromatic heterocycles. The minimum atomic E-state index is 0.0189. The molecule has 0 atom stereocenters. The summed E-state index contributed by atoms with van der Waals surface area (Å²) < 4.78 is 0.834. The molecule has 0 amide bonds. The number of ketones is 1. The van der Waals surface area contributed by atoms with Gasteiger partial charge in [-0.1, -0.05) is 17.7 Å². The topological polar surface area (TPSA) is 32.9 Å². The summed E-state index contributed by atoms with van der Waals surface area (Å²) in [4.78, 5) is 16.2. The van der Waals surface area contributed by atoms with E-state index in [1.807, 2.05) is 23.6 Å². The van der Waals surface area contributed by atoms with Crippen LogP contribution in [-0.4, -0.2) is 10.8 Å². The molecule has 0 aliphatic carbocycles. The van der Waals surface area contributed by atoms with E-state index in [0.29, 0.717) is 15.5 Å². The molecular formula is C13H7BrClNOS. The number of thiophene rings is 1. The molecule has 3 rings (SSSR count). The first-order chi connectivity index (χ1) is 8.66. The molecule has 0 aliphatic rings. The van der Waals surface area contributed by atoms with Gasteiger partial charge < -0.3 is 4.98 Å². The Labute approximate surface area is 121 Å². The summed E-state index contributed by atoms with van der Waals surface area (Å²) in [6.45, 7) is 0. The number of carbonyl (C=O) groups excluding carboxylic acids is 1. The fraction of sp³-hybridized carbons (Fsp3) is 0. The lowest BCUT2D eigenvalue weighted by atomic mass is 10.1. The van der Waals surface area contributed by atoms with E-state index in [0.717, 1.165) is 15.4 Å². The third kappa shape index (κ3) is 1.90. The maximum Gasteiger partial charge on any atom is 0.206 e. The number of fused-ring (bicyclic) bond motifs is 1. The van der Waals surface area contributed by atoms with Crippen molar-refractivity contribution in [3.63, 3.8) is 0 Å². The quantitative estimate of drug-likeness (QED) is 0.663. The normalized spacial score (nSPS) is 11.0. The first kappa shape index (κ1) is 12.0. The molecule has 2 heterocycles. The lowest BCUT2D eigenvalue weighted by molar-refractivity contribution is 0.104. The standard InChI is InChI=1S/C13H7BrClNOS/c14-10-3-4-18-13(10)12(17)9-6-16-11-5-7(15)1-2-8(9)11/h1-6,16H. The van der Waals surface area contributed by atoms with E-state index in [-0.39, 0.29) is 5.78 Å². The highest BCUT2D eigenvalue weighted by atomic mass is 79.9. The molecule has 0 aliphatic heterocycles. The Bertz CT molecular complexity index is 746. The number of benzene rings is 1. The fourth-order valence-corrected chi connectivity index (χ4v) is 3.54. The molecule has 0 fully saturated rings. The molecule has 18 heavy (non-hydrogen) atoms. The summed E-state index contributed by atoms with van der Waals surface area (Å²) in [5.74, 6) is 0.0189. The van der Waals surface area contributed by atoms with Crippen molar-refractivity contribution in [3.05, 3.63) is 55.8 Å². The molecule has 0 saturated carbocycles. The zero-order valence-electron chi connectivity index (χ0n) is 9.04. The third-order valence-corrected chi connectivity index (χ3v) is 4.78. The van der Waals surface area contributed by atoms with Crippen molar-refractivity contribution in [2.24, 2.45) is 0 Å². The number of H-pyrrole nitrogens is 1. The van der Waals surface area contributed by atoms with Gasteiger partial charge in [0.15, 0.2) is 0 Å². The Kier molecular flexibility index (Phi) is 3.01. The van der Waals surface area contributed by atoms with Crippen LogP contribution in [0.4, 0.5) is 0 Å². The molecule has 0 unspecified atom stereocenters. The number of aromatic amines is 1. The molecule has 5 heteroatoms. The highest BCUT2D eigenvalue weighted by Crippen LogP contribution is 2.29. The SMILES string of the molecule is O=C(c1sccc1Br)c1c[nH]c2cc(Cl)ccc12. The maximum absolute atomic E-state index is 12.4. The van der Waals surface area contributed by atoms with Crippen molar-refractivity contribution in [2.45, 2.75) is 0 Å². The Morgan fingerprint density at radius 2 is 2.17 bits per heavy atom. The van der Waals surface area contributed by atoms with Gasteiger partial charge in [0.25, 0.3) is 0 Å². The van der Waals surface area contributed by atoms with Gasteiger partial charge in [0.1, 0.15) is 0 Å². The van der Waals surface area contributed by atoms with E-state index in [2.05, 4.69) is 20.9 Å². The smallest absolute Gasteiger partial charge is 0.206 e. The molecule has 0 saturated heterocycles. The number of aromatic nitrogens is 1. The van der Waals surface area contributed by atoms with Crippen molar-refractivity contribution >= 4 is 55.6 Å². The first-order valence-electron chi connectivity index (χ1n) is 5.21. The van der Waals surface area contributed by atoms with Crippen LogP contribution in [0.15, 0.2) is 40.3 Å². The molecule has 0 spiro atoms. The van der Waals surface area contributed by atoms with Crippen LogP contribution >= 0.6 is 38.9 Å². The van der Waals surface area contributed by atoms with Crippen molar-refractivity contribution in [2.75, 3.05) is 0 Å². The number of hydrogen-bond donors (Lipinski definition) is 1. The minimum Gasteiger partial charge on any atom is -0.360 e. The predicted molar refractivity (Wildman–Crippen MR) is 78.8 cm³/mol. The van der Waals surface area contributed by atoms with Gasteiger partial charge in [-0.15, -0.1) is 11.3 Å². The second kappa shape index (κ2) is 4.53. The summed E-state index contributed by atoms with van der Waals surface area (Å²) in [6.07, 6.45) is 1.73. The van der Waals surface area contributed by atoms with Gasteiger partial charge in [-0.2, -0.15) is 0 Å². The Morgan fingerprint density at radius 3 is 2.89 bits per heavy atom. The van der Waals surface area contributed by atoms with Crippen molar-refractivity contribution < 1.29 is 4.79 Å². The largest absolute Gasteiger partial charge is 0.360 e. The summed E-state index contributed by atoms with van der Waals surface area (Å²) in [6, 6.07) is 7.35. The highest BCUT2D eigenvalue weighted by molar-refractivity contribution is 9.10. The van der Waals surface area contributed by atoms with Crippen LogP contribution in [0, 0.1) is 0 Å². The van der Waals surface area contributed by atoms with Crippen LogP contribution in [0.25, 0.3) is 10.9 Å². The minimum absolute atomic E-state index is 0.0189. The van der Waals surface area contributed by atoms with Crippen molar-refractivity contribution in [1.29, 1.82) is 0 Å². The first-order valence-corrected chi connectivity index (χ1v) is 7.26. The molecule has 2 nitrogen and oxygen atoms in total. The van der Waals surface area contributed by atoms with E-state index in [1.165, 1.54) is 11.3 Å². The lowest BCUT2D eigenvalue weighted by Crippen LogP contribution is -1.97. The van der Waals surface area contributed by atoms with E-state index < -0.39 is 0 Å². The highest BCUT2D eigenvalue weighted by Gasteiger charge is 2.17. The lowest BCUT2D eigenvalue weighted by Gasteiger charge is -1.98. The van der Waals surface area contributed by atoms with Gasteiger partial charge in [0.05, 0.1) is 4.88 Å². The van der Waals surface area contributed by atoms with Crippen LogP contribution in [0.2, 0.25) is 5.02 Å². The Hall–Kier alpha value is -1.10. The fourth-order valence-electron chi connectivity index (χ4n) is 1.86. The molecule has 90 valence electrons. The molecule has 0 bridgehead atoms. The van der Waals surface area contributed by atoms with Crippen LogP contribution in [-0.2, 0) is 0 Å². The Morgan fingerprint density at radius 1 is 1.33 bits per heavy atom. The van der Waals surface area contributed by atoms with Crippen LogP contribution in [0.1, 0.15) is 15.2 Å². The Balaban J connectivity index is 2.16. The van der Waals surface area contributed by atoms with Crippen molar-refractivity contribution in [1.82, 2.24) is 4.98 Å². The predicted octanol–water partition coefficient (Wildman–Crippen LogP) is 4.88. The molecule has 1 aromatic carbocycles. The van der Waals surface area contributed by atoms with Gasteiger partial charge in [-0.25, -0.2) is 0 Å². The molecule has 1 N–H and O–H groups in total. The second-order valence-corrected chi connectivity index (χ2v) is 6.03. The molecule has 0 radical (unpaired) electrons. The molecule has 3 aromatic rings. The van der Waals surface area contributed by atoms with E-state index in [1.54, 1.807) is 12.3 Å². The average molecular weight is 341 g/mol. The van der Waals surface area contributed by atoms with Crippen LogP contribution in [0.5, 0.6) is 0 Å². The zero-order valence-corrected chi connectivity index (χ0v) is 12.2. The van der Waals surface area contributed by atoms with Gasteiger partial charge in [-0.05, 0) is 39.5 Å². The number of halogens is 2. The zero-order chi connectivity index (χ0) is 12.7. The monoisotopic (exact) mass is 339 g/mol. The third-order valence-electron chi connectivity index (χ3n) is 2.71. The summed E-state index contributed by atoms with van der Waals surface area (Å²) in [7, 11) is 0. The van der Waals surface area contributed by atoms with Crippen molar-refractivity contribution in [3.8, 4) is 0 Å². The van der Waals surface area contributed by atoms with Gasteiger partial charge in [0, 0.05) is 32.2 Å². The molecular weight excluding hydrogens is 334 g/mol. The van der Waals surface area contributed by atoms with Crippen LogP contribution in [0.3, 0.4) is 0 Å². The average Bonchev–Trinajstić information content (AvgIpc) is 2.94. The van der Waals surface area contributed by atoms with Gasteiger partial charge in [0.2, 0.25) is 5.78 Å². The van der Waals surface area contributed by atoms with E-state index in [9.17, 15) is 4.79 Å². The number of hydrogen-bond acceptors (Lipinski definition) is 2. The van der Waals surface area contributed by atoms with E-state index in [4.69, 9.17) is 11.6 Å². The summed E-state index contributed by atoms with van der Waals surface area (Å²) >= 11 is 10.7. The summed E-state index contributed by atoms with van der Waals surface area (Å²) in [5.41, 5.74) is 1.54. The van der Waals surface area contributed by atoms with Crippen LogP contribution < -0.4 is 0 Å². The summed E-state index contributed by atoms with van der Waals surface area (Å²) in [5, 5.41) is 3.44. The number of carbonyl (C=O) groups is 1. The van der Waals surface area contributed by atoms with Gasteiger partial charge >= 0.3 is 0 Å². The van der Waals surface area contributed by atoms with E-state index >= 15 is 0 Å².